The number of ether oxygens (including phenoxy) is 1. The summed E-state index contributed by atoms with van der Waals surface area (Å²) in [5.74, 6) is 0.819. The van der Waals surface area contributed by atoms with E-state index in [4.69, 9.17) is 17.0 Å². The molecule has 1 aromatic carbocycles. The number of thiocarbonyl (C=S) groups is 1. The number of thiophene rings is 1. The van der Waals surface area contributed by atoms with Crippen molar-refractivity contribution in [2.75, 3.05) is 12.4 Å². The van der Waals surface area contributed by atoms with Gasteiger partial charge < -0.3 is 15.0 Å². The standard InChI is InChI=1S/C19H24N2OS2/c1-22-18-12-6-5-11-17(18)20-19(23)21(14-16-10-7-13-24-16)15-8-3-2-4-9-15/h5-7,10-13,15H,2-4,8-9,14H2,1H3,(H,20,23). The van der Waals surface area contributed by atoms with E-state index in [9.17, 15) is 0 Å². The minimum absolute atomic E-state index is 0.524. The summed E-state index contributed by atoms with van der Waals surface area (Å²) in [5, 5.41) is 6.33. The molecule has 2 aromatic rings. The van der Waals surface area contributed by atoms with Crippen LogP contribution in [0.5, 0.6) is 5.75 Å². The summed E-state index contributed by atoms with van der Waals surface area (Å²) in [6, 6.07) is 12.7. The maximum absolute atomic E-state index is 5.78. The maximum Gasteiger partial charge on any atom is 0.174 e. The zero-order valence-electron chi connectivity index (χ0n) is 14.0. The fourth-order valence-corrected chi connectivity index (χ4v) is 4.29. The van der Waals surface area contributed by atoms with E-state index in [-0.39, 0.29) is 0 Å². The van der Waals surface area contributed by atoms with Crippen LogP contribution in [0.4, 0.5) is 5.69 Å². The molecule has 0 amide bonds. The third kappa shape index (κ3) is 4.28. The molecule has 1 aromatic heterocycles. The zero-order valence-corrected chi connectivity index (χ0v) is 15.7. The molecule has 1 aliphatic carbocycles. The predicted octanol–water partition coefficient (Wildman–Crippen LogP) is 5.29. The molecule has 0 bridgehead atoms. The van der Waals surface area contributed by atoms with Crippen LogP contribution in [0.15, 0.2) is 41.8 Å². The first-order valence-corrected chi connectivity index (χ1v) is 9.79. The lowest BCUT2D eigenvalue weighted by Crippen LogP contribution is -2.43. The van der Waals surface area contributed by atoms with Crippen LogP contribution >= 0.6 is 23.6 Å². The lowest BCUT2D eigenvalue weighted by Gasteiger charge is -2.36. The third-order valence-corrected chi connectivity index (χ3v) is 5.73. The molecule has 1 heterocycles. The number of nitrogens with one attached hydrogen (secondary N) is 1. The van der Waals surface area contributed by atoms with Crippen molar-refractivity contribution in [3.63, 3.8) is 0 Å². The van der Waals surface area contributed by atoms with Gasteiger partial charge in [-0.05, 0) is 48.6 Å². The SMILES string of the molecule is COc1ccccc1NC(=S)N(Cc1cccs1)C1CCCCC1. The second-order valence-corrected chi connectivity index (χ2v) is 7.55. The molecule has 128 valence electrons. The molecule has 1 aliphatic rings. The topological polar surface area (TPSA) is 24.5 Å². The molecule has 3 nitrogen and oxygen atoms in total. The second kappa shape index (κ2) is 8.49. The van der Waals surface area contributed by atoms with Crippen molar-refractivity contribution >= 4 is 34.4 Å². The van der Waals surface area contributed by atoms with Gasteiger partial charge >= 0.3 is 0 Å². The number of hydrogen-bond donors (Lipinski definition) is 1. The molecule has 0 radical (unpaired) electrons. The van der Waals surface area contributed by atoms with E-state index in [1.807, 2.05) is 24.3 Å². The van der Waals surface area contributed by atoms with Gasteiger partial charge in [-0.15, -0.1) is 11.3 Å². The Morgan fingerprint density at radius 2 is 2.00 bits per heavy atom. The van der Waals surface area contributed by atoms with Crippen LogP contribution in [0.2, 0.25) is 0 Å². The smallest absolute Gasteiger partial charge is 0.174 e. The molecule has 0 spiro atoms. The van der Waals surface area contributed by atoms with Crippen molar-refractivity contribution in [3.8, 4) is 5.75 Å². The van der Waals surface area contributed by atoms with Crippen molar-refractivity contribution in [2.24, 2.45) is 0 Å². The highest BCUT2D eigenvalue weighted by molar-refractivity contribution is 7.80. The summed E-state index contributed by atoms with van der Waals surface area (Å²) in [7, 11) is 1.69. The Bertz CT molecular complexity index is 651. The van der Waals surface area contributed by atoms with E-state index < -0.39 is 0 Å². The van der Waals surface area contributed by atoms with Gasteiger partial charge in [-0.2, -0.15) is 0 Å². The van der Waals surface area contributed by atoms with Crippen molar-refractivity contribution in [3.05, 3.63) is 46.7 Å². The van der Waals surface area contributed by atoms with E-state index >= 15 is 0 Å². The van der Waals surface area contributed by atoms with Crippen molar-refractivity contribution in [1.82, 2.24) is 4.90 Å². The van der Waals surface area contributed by atoms with Crippen LogP contribution < -0.4 is 10.1 Å². The van der Waals surface area contributed by atoms with E-state index in [0.717, 1.165) is 23.1 Å². The lowest BCUT2D eigenvalue weighted by atomic mass is 9.94. The van der Waals surface area contributed by atoms with E-state index in [0.29, 0.717) is 6.04 Å². The summed E-state index contributed by atoms with van der Waals surface area (Å²) in [4.78, 5) is 3.72. The molecule has 1 saturated carbocycles. The summed E-state index contributed by atoms with van der Waals surface area (Å²) >= 11 is 7.58. The average molecular weight is 361 g/mol. The highest BCUT2D eigenvalue weighted by Gasteiger charge is 2.24. The molecule has 0 aliphatic heterocycles. The van der Waals surface area contributed by atoms with Crippen molar-refractivity contribution < 1.29 is 4.74 Å². The maximum atomic E-state index is 5.78. The number of benzene rings is 1. The second-order valence-electron chi connectivity index (χ2n) is 6.13. The number of methoxy groups -OCH3 is 1. The fourth-order valence-electron chi connectivity index (χ4n) is 3.26. The van der Waals surface area contributed by atoms with Gasteiger partial charge in [-0.3, -0.25) is 0 Å². The Morgan fingerprint density at radius 1 is 1.21 bits per heavy atom. The number of nitrogens with zero attached hydrogens (tertiary/aromatic N) is 1. The molecule has 1 fully saturated rings. The van der Waals surface area contributed by atoms with Crippen LogP contribution in [0, 0.1) is 0 Å². The Kier molecular flexibility index (Phi) is 6.10. The normalized spacial score (nSPS) is 15.0. The van der Waals surface area contributed by atoms with Crippen LogP contribution in [-0.2, 0) is 6.54 Å². The van der Waals surface area contributed by atoms with Gasteiger partial charge in [0, 0.05) is 10.9 Å². The number of hydrogen-bond acceptors (Lipinski definition) is 3. The zero-order chi connectivity index (χ0) is 16.8. The van der Waals surface area contributed by atoms with E-state index in [2.05, 4.69) is 27.7 Å². The Hall–Kier alpha value is -1.59. The number of rotatable bonds is 5. The van der Waals surface area contributed by atoms with Gasteiger partial charge in [0.05, 0.1) is 19.3 Å². The van der Waals surface area contributed by atoms with Gasteiger partial charge in [0.2, 0.25) is 0 Å². The first-order chi connectivity index (χ1) is 11.8. The summed E-state index contributed by atoms with van der Waals surface area (Å²) < 4.78 is 5.44. The molecule has 0 atom stereocenters. The van der Waals surface area contributed by atoms with Gasteiger partial charge in [-0.1, -0.05) is 37.5 Å². The summed E-state index contributed by atoms with van der Waals surface area (Å²) in [6.07, 6.45) is 6.38. The van der Waals surface area contributed by atoms with Gasteiger partial charge in [0.15, 0.2) is 5.11 Å². The Morgan fingerprint density at radius 3 is 2.71 bits per heavy atom. The van der Waals surface area contributed by atoms with Crippen molar-refractivity contribution in [1.29, 1.82) is 0 Å². The van der Waals surface area contributed by atoms with Crippen molar-refractivity contribution in [2.45, 2.75) is 44.7 Å². The molecule has 0 saturated heterocycles. The highest BCUT2D eigenvalue weighted by atomic mass is 32.1. The first-order valence-electron chi connectivity index (χ1n) is 8.51. The average Bonchev–Trinajstić information content (AvgIpc) is 3.14. The molecule has 5 heteroatoms. The third-order valence-electron chi connectivity index (χ3n) is 4.53. The lowest BCUT2D eigenvalue weighted by molar-refractivity contribution is 0.242. The molecule has 3 rings (SSSR count). The van der Waals surface area contributed by atoms with E-state index in [1.54, 1.807) is 18.4 Å². The highest BCUT2D eigenvalue weighted by Crippen LogP contribution is 2.28. The predicted molar refractivity (Wildman–Crippen MR) is 106 cm³/mol. The molecular formula is C19H24N2OS2. The van der Waals surface area contributed by atoms with Gasteiger partial charge in [0.1, 0.15) is 5.75 Å². The quantitative estimate of drug-likeness (QED) is 0.732. The number of para-hydroxylation sites is 2. The molecular weight excluding hydrogens is 336 g/mol. The van der Waals surface area contributed by atoms with Crippen LogP contribution in [0.25, 0.3) is 0 Å². The monoisotopic (exact) mass is 360 g/mol. The van der Waals surface area contributed by atoms with Crippen LogP contribution in [0.3, 0.4) is 0 Å². The minimum atomic E-state index is 0.524. The summed E-state index contributed by atoms with van der Waals surface area (Å²) in [6.45, 7) is 0.878. The molecule has 0 unspecified atom stereocenters. The first kappa shape index (κ1) is 17.2. The Balaban J connectivity index is 1.77. The van der Waals surface area contributed by atoms with Gasteiger partial charge in [-0.25, -0.2) is 0 Å². The fraction of sp³-hybridized carbons (Fsp3) is 0.421. The van der Waals surface area contributed by atoms with Crippen LogP contribution in [0.1, 0.15) is 37.0 Å². The Labute approximate surface area is 153 Å². The largest absolute Gasteiger partial charge is 0.495 e. The minimum Gasteiger partial charge on any atom is -0.495 e. The summed E-state index contributed by atoms with van der Waals surface area (Å²) in [5.41, 5.74) is 0.928. The molecule has 24 heavy (non-hydrogen) atoms. The van der Waals surface area contributed by atoms with Crippen LogP contribution in [-0.4, -0.2) is 23.2 Å². The van der Waals surface area contributed by atoms with Gasteiger partial charge in [0.25, 0.3) is 0 Å². The number of anilines is 1. The molecule has 1 N–H and O–H groups in total. The van der Waals surface area contributed by atoms with E-state index in [1.165, 1.54) is 37.0 Å².